The third-order valence-electron chi connectivity index (χ3n) is 3.28. The van der Waals surface area contributed by atoms with Crippen LogP contribution in [0.3, 0.4) is 0 Å². The lowest BCUT2D eigenvalue weighted by Gasteiger charge is -2.14. The normalized spacial score (nSPS) is 10.6. The number of ether oxygens (including phenoxy) is 1. The lowest BCUT2D eigenvalue weighted by Crippen LogP contribution is -2.00. The number of carbonyl (C=O) groups is 1. The van der Waals surface area contributed by atoms with Crippen molar-refractivity contribution in [2.45, 2.75) is 13.8 Å². The molecule has 0 aliphatic rings. The molecule has 0 bridgehead atoms. The van der Waals surface area contributed by atoms with Crippen LogP contribution in [-0.2, 0) is 7.05 Å². The minimum atomic E-state index is -1.10. The maximum absolute atomic E-state index is 11.0. The van der Waals surface area contributed by atoms with Crippen LogP contribution < -0.4 is 4.74 Å². The molecule has 0 saturated carbocycles. The van der Waals surface area contributed by atoms with E-state index >= 15 is 0 Å². The van der Waals surface area contributed by atoms with Crippen LogP contribution in [0, 0.1) is 13.8 Å². The zero-order valence-corrected chi connectivity index (χ0v) is 11.8. The summed E-state index contributed by atoms with van der Waals surface area (Å²) in [5.74, 6) is -0.444. The second-order valence-electron chi connectivity index (χ2n) is 4.59. The van der Waals surface area contributed by atoms with Gasteiger partial charge in [-0.1, -0.05) is 0 Å². The van der Waals surface area contributed by atoms with Gasteiger partial charge >= 0.3 is 5.97 Å². The topological polar surface area (TPSA) is 84.6 Å². The Balaban J connectivity index is 2.70. The van der Waals surface area contributed by atoms with Crippen molar-refractivity contribution < 1.29 is 19.7 Å². The molecule has 1 heterocycles. The van der Waals surface area contributed by atoms with Crippen LogP contribution in [0.15, 0.2) is 12.1 Å². The number of aromatic nitrogens is 2. The van der Waals surface area contributed by atoms with Gasteiger partial charge in [0.25, 0.3) is 0 Å². The highest BCUT2D eigenvalue weighted by Gasteiger charge is 2.20. The minimum Gasteiger partial charge on any atom is -0.507 e. The predicted molar refractivity (Wildman–Crippen MR) is 73.3 cm³/mol. The van der Waals surface area contributed by atoms with E-state index < -0.39 is 5.97 Å². The van der Waals surface area contributed by atoms with E-state index in [2.05, 4.69) is 5.10 Å². The summed E-state index contributed by atoms with van der Waals surface area (Å²) < 4.78 is 6.64. The Labute approximate surface area is 116 Å². The van der Waals surface area contributed by atoms with Gasteiger partial charge in [0.05, 0.1) is 12.8 Å². The number of hydrogen-bond donors (Lipinski definition) is 2. The van der Waals surface area contributed by atoms with Gasteiger partial charge in [-0.25, -0.2) is 4.79 Å². The Kier molecular flexibility index (Phi) is 3.40. The lowest BCUT2D eigenvalue weighted by atomic mass is 9.99. The van der Waals surface area contributed by atoms with E-state index in [1.165, 1.54) is 17.9 Å². The first kappa shape index (κ1) is 13.9. The van der Waals surface area contributed by atoms with E-state index in [4.69, 9.17) is 9.84 Å². The van der Waals surface area contributed by atoms with Crippen LogP contribution >= 0.6 is 0 Å². The van der Waals surface area contributed by atoms with Gasteiger partial charge in [0, 0.05) is 18.2 Å². The van der Waals surface area contributed by atoms with Crippen LogP contribution in [0.2, 0.25) is 0 Å². The van der Waals surface area contributed by atoms with Gasteiger partial charge in [-0.05, 0) is 31.5 Å². The Morgan fingerprint density at radius 1 is 1.35 bits per heavy atom. The smallest absolute Gasteiger partial charge is 0.356 e. The molecule has 1 aromatic heterocycles. The molecule has 2 N–H and O–H groups in total. The molecule has 106 valence electrons. The molecule has 0 saturated heterocycles. The van der Waals surface area contributed by atoms with Crippen molar-refractivity contribution >= 4 is 5.97 Å². The second-order valence-corrected chi connectivity index (χ2v) is 4.59. The van der Waals surface area contributed by atoms with Gasteiger partial charge in [0.2, 0.25) is 0 Å². The zero-order chi connectivity index (χ0) is 15.0. The van der Waals surface area contributed by atoms with Crippen LogP contribution in [0.1, 0.15) is 21.6 Å². The lowest BCUT2D eigenvalue weighted by molar-refractivity contribution is 0.0689. The van der Waals surface area contributed by atoms with Crippen molar-refractivity contribution in [1.82, 2.24) is 9.78 Å². The SMILES string of the molecule is COc1cc(C)c(-c2cc(C(=O)O)nn2C)c(O)c1C. The van der Waals surface area contributed by atoms with Crippen molar-refractivity contribution in [3.05, 3.63) is 29.0 Å². The Bertz CT molecular complexity index is 689. The molecule has 0 aliphatic heterocycles. The summed E-state index contributed by atoms with van der Waals surface area (Å²) in [4.78, 5) is 11.0. The van der Waals surface area contributed by atoms with Crippen LogP contribution in [0.4, 0.5) is 0 Å². The van der Waals surface area contributed by atoms with Gasteiger partial charge in [0.1, 0.15) is 11.5 Å². The minimum absolute atomic E-state index is 0.0604. The first-order valence-electron chi connectivity index (χ1n) is 6.01. The number of aromatic hydroxyl groups is 1. The molecule has 2 aromatic rings. The maximum atomic E-state index is 11.0. The highest BCUT2D eigenvalue weighted by atomic mass is 16.5. The zero-order valence-electron chi connectivity index (χ0n) is 11.8. The average Bonchev–Trinajstić information content (AvgIpc) is 2.76. The van der Waals surface area contributed by atoms with Crippen LogP contribution in [0.5, 0.6) is 11.5 Å². The Morgan fingerprint density at radius 2 is 2.00 bits per heavy atom. The molecule has 6 heteroatoms. The van der Waals surface area contributed by atoms with Gasteiger partial charge in [-0.2, -0.15) is 5.10 Å². The summed E-state index contributed by atoms with van der Waals surface area (Å²) >= 11 is 0. The number of hydrogen-bond acceptors (Lipinski definition) is 4. The molecule has 0 unspecified atom stereocenters. The third-order valence-corrected chi connectivity index (χ3v) is 3.28. The number of benzene rings is 1. The number of phenolic OH excluding ortho intramolecular Hbond substituents is 1. The summed E-state index contributed by atoms with van der Waals surface area (Å²) in [6.45, 7) is 3.57. The van der Waals surface area contributed by atoms with Crippen molar-refractivity contribution in [3.8, 4) is 22.8 Å². The van der Waals surface area contributed by atoms with Crippen molar-refractivity contribution in [1.29, 1.82) is 0 Å². The average molecular weight is 276 g/mol. The van der Waals surface area contributed by atoms with Gasteiger partial charge in [-0.3, -0.25) is 4.68 Å². The number of aryl methyl sites for hydroxylation is 2. The summed E-state index contributed by atoms with van der Waals surface area (Å²) in [6, 6.07) is 3.24. The first-order valence-corrected chi connectivity index (χ1v) is 6.01. The second kappa shape index (κ2) is 4.88. The number of carboxylic acid groups (broad SMARTS) is 1. The molecule has 0 radical (unpaired) electrons. The number of nitrogens with zero attached hydrogens (tertiary/aromatic N) is 2. The fraction of sp³-hybridized carbons (Fsp3) is 0.286. The van der Waals surface area contributed by atoms with Gasteiger partial charge in [-0.15, -0.1) is 0 Å². The number of methoxy groups -OCH3 is 1. The monoisotopic (exact) mass is 276 g/mol. The summed E-state index contributed by atoms with van der Waals surface area (Å²) in [7, 11) is 3.17. The van der Waals surface area contributed by atoms with E-state index in [-0.39, 0.29) is 11.4 Å². The molecular weight excluding hydrogens is 260 g/mol. The van der Waals surface area contributed by atoms with Gasteiger partial charge < -0.3 is 14.9 Å². The van der Waals surface area contributed by atoms with E-state index in [0.717, 1.165) is 5.56 Å². The molecule has 0 spiro atoms. The van der Waals surface area contributed by atoms with E-state index in [9.17, 15) is 9.90 Å². The molecule has 6 nitrogen and oxygen atoms in total. The highest BCUT2D eigenvalue weighted by molar-refractivity contribution is 5.88. The molecular formula is C14H16N2O4. The van der Waals surface area contributed by atoms with Crippen LogP contribution in [-0.4, -0.2) is 33.1 Å². The molecule has 2 rings (SSSR count). The number of phenols is 1. The van der Waals surface area contributed by atoms with Crippen molar-refractivity contribution in [3.63, 3.8) is 0 Å². The predicted octanol–water partition coefficient (Wildman–Crippen LogP) is 2.12. The Morgan fingerprint density at radius 3 is 2.50 bits per heavy atom. The quantitative estimate of drug-likeness (QED) is 0.897. The van der Waals surface area contributed by atoms with Gasteiger partial charge in [0.15, 0.2) is 5.69 Å². The van der Waals surface area contributed by atoms with E-state index in [1.807, 2.05) is 6.92 Å². The molecule has 0 atom stereocenters. The number of carboxylic acids is 1. The van der Waals surface area contributed by atoms with Crippen molar-refractivity contribution in [2.75, 3.05) is 7.11 Å². The first-order chi connectivity index (χ1) is 9.36. The van der Waals surface area contributed by atoms with Crippen molar-refractivity contribution in [2.24, 2.45) is 7.05 Å². The fourth-order valence-corrected chi connectivity index (χ4v) is 2.21. The molecule has 1 aromatic carbocycles. The standard InChI is InChI=1S/C14H16N2O4/c1-7-5-11(20-4)8(2)13(17)12(7)10-6-9(14(18)19)15-16(10)3/h5-6,17H,1-4H3,(H,18,19). The van der Waals surface area contributed by atoms with Crippen LogP contribution in [0.25, 0.3) is 11.3 Å². The molecule has 20 heavy (non-hydrogen) atoms. The van der Waals surface area contributed by atoms with E-state index in [1.54, 1.807) is 20.0 Å². The molecule has 0 amide bonds. The molecule has 0 aliphatic carbocycles. The number of aromatic carboxylic acids is 1. The maximum Gasteiger partial charge on any atom is 0.356 e. The molecule has 0 fully saturated rings. The summed E-state index contributed by atoms with van der Waals surface area (Å²) in [6.07, 6.45) is 0. The summed E-state index contributed by atoms with van der Waals surface area (Å²) in [5.41, 5.74) is 2.43. The third kappa shape index (κ3) is 2.09. The fourth-order valence-electron chi connectivity index (χ4n) is 2.21. The largest absolute Gasteiger partial charge is 0.507 e. The summed E-state index contributed by atoms with van der Waals surface area (Å²) in [5, 5.41) is 23.2. The van der Waals surface area contributed by atoms with E-state index in [0.29, 0.717) is 22.6 Å². The highest BCUT2D eigenvalue weighted by Crippen LogP contribution is 2.39. The number of rotatable bonds is 3. The Hall–Kier alpha value is -2.50.